The Morgan fingerprint density at radius 3 is 1.33 bits per heavy atom. The molecule has 0 fully saturated rings. The van der Waals surface area contributed by atoms with Crippen molar-refractivity contribution in [3.63, 3.8) is 0 Å². The van der Waals surface area contributed by atoms with E-state index in [0.717, 1.165) is 14.9 Å². The van der Waals surface area contributed by atoms with Gasteiger partial charge in [-0.3, -0.25) is 0 Å². The Kier molecular flexibility index (Phi) is 2.33. The van der Waals surface area contributed by atoms with Gasteiger partial charge in [0.05, 0.1) is 11.1 Å². The summed E-state index contributed by atoms with van der Waals surface area (Å²) >= 11 is 8.60. The van der Waals surface area contributed by atoms with E-state index in [9.17, 15) is 5.21 Å². The van der Waals surface area contributed by atoms with Crippen LogP contribution < -0.4 is 0 Å². The quantitative estimate of drug-likeness (QED) is 0.581. The molecule has 12 heavy (non-hydrogen) atoms. The summed E-state index contributed by atoms with van der Waals surface area (Å²) in [5.74, 6) is 0. The molecule has 1 rings (SSSR count). The molecule has 0 aromatic heterocycles. The molecular formula is C8H14NOS2. The first-order chi connectivity index (χ1) is 5.22. The SMILES string of the molecule is CC1(C)C(S)=C(S)C(C)(C)N1[O]. The Hall–Kier alpha value is 0.360. The van der Waals surface area contributed by atoms with Crippen LogP contribution in [0.15, 0.2) is 9.81 Å². The Bertz CT molecular complexity index is 221. The first-order valence-corrected chi connectivity index (χ1v) is 4.72. The van der Waals surface area contributed by atoms with Crippen molar-refractivity contribution in [2.45, 2.75) is 38.8 Å². The van der Waals surface area contributed by atoms with Crippen LogP contribution in [0.4, 0.5) is 0 Å². The lowest BCUT2D eigenvalue weighted by Gasteiger charge is -2.33. The molecule has 0 saturated heterocycles. The Balaban J connectivity index is 3.22. The normalized spacial score (nSPS) is 28.2. The van der Waals surface area contributed by atoms with Crippen molar-refractivity contribution in [2.24, 2.45) is 0 Å². The standard InChI is InChI=1S/C8H14NOS2/c1-7(2)5(11)6(12)8(3,4)9(7)10/h11-12H,1-4H3. The van der Waals surface area contributed by atoms with Gasteiger partial charge in [-0.2, -0.15) is 0 Å². The van der Waals surface area contributed by atoms with Crippen molar-refractivity contribution in [1.82, 2.24) is 5.06 Å². The van der Waals surface area contributed by atoms with E-state index in [4.69, 9.17) is 0 Å². The second kappa shape index (κ2) is 2.67. The molecule has 0 unspecified atom stereocenters. The Morgan fingerprint density at radius 1 is 1.00 bits per heavy atom. The molecule has 1 aliphatic rings. The van der Waals surface area contributed by atoms with Crippen LogP contribution in [-0.2, 0) is 5.21 Å². The molecule has 0 bridgehead atoms. The zero-order chi connectivity index (χ0) is 9.73. The van der Waals surface area contributed by atoms with Gasteiger partial charge >= 0.3 is 0 Å². The van der Waals surface area contributed by atoms with Crippen molar-refractivity contribution < 1.29 is 5.21 Å². The van der Waals surface area contributed by atoms with E-state index in [1.165, 1.54) is 0 Å². The minimum Gasteiger partial charge on any atom is -0.145 e. The van der Waals surface area contributed by atoms with E-state index in [0.29, 0.717) is 0 Å². The lowest BCUT2D eigenvalue weighted by Crippen LogP contribution is -2.46. The number of rotatable bonds is 0. The van der Waals surface area contributed by atoms with Crippen LogP contribution in [0.1, 0.15) is 27.7 Å². The highest BCUT2D eigenvalue weighted by Crippen LogP contribution is 2.46. The first kappa shape index (κ1) is 10.4. The zero-order valence-corrected chi connectivity index (χ0v) is 9.54. The molecule has 2 nitrogen and oxygen atoms in total. The van der Waals surface area contributed by atoms with Gasteiger partial charge in [0.2, 0.25) is 0 Å². The van der Waals surface area contributed by atoms with Crippen molar-refractivity contribution in [1.29, 1.82) is 0 Å². The van der Waals surface area contributed by atoms with Crippen LogP contribution in [0.3, 0.4) is 0 Å². The highest BCUT2D eigenvalue weighted by Gasteiger charge is 2.49. The summed E-state index contributed by atoms with van der Waals surface area (Å²) < 4.78 is 0. The molecule has 0 N–H and O–H groups in total. The molecule has 0 aromatic carbocycles. The second-order valence-electron chi connectivity index (χ2n) is 4.11. The highest BCUT2D eigenvalue weighted by atomic mass is 32.1. The molecule has 4 heteroatoms. The van der Waals surface area contributed by atoms with E-state index >= 15 is 0 Å². The predicted octanol–water partition coefficient (Wildman–Crippen LogP) is 2.28. The minimum absolute atomic E-state index is 0.538. The maximum absolute atomic E-state index is 11.7. The largest absolute Gasteiger partial charge is 0.145 e. The smallest absolute Gasteiger partial charge is 0.0760 e. The summed E-state index contributed by atoms with van der Waals surface area (Å²) in [6, 6.07) is 0. The fourth-order valence-electron chi connectivity index (χ4n) is 1.47. The molecule has 0 aliphatic carbocycles. The number of hydrogen-bond acceptors (Lipinski definition) is 3. The summed E-state index contributed by atoms with van der Waals surface area (Å²) in [7, 11) is 0. The van der Waals surface area contributed by atoms with Gasteiger partial charge in [-0.25, -0.2) is 0 Å². The number of thiol groups is 2. The van der Waals surface area contributed by atoms with Crippen LogP contribution in [-0.4, -0.2) is 16.1 Å². The molecule has 0 spiro atoms. The van der Waals surface area contributed by atoms with Crippen LogP contribution in [0.25, 0.3) is 0 Å². The van der Waals surface area contributed by atoms with E-state index in [1.807, 2.05) is 27.7 Å². The Labute approximate surface area is 84.4 Å². The summed E-state index contributed by atoms with van der Waals surface area (Å²) in [5.41, 5.74) is -1.08. The van der Waals surface area contributed by atoms with Gasteiger partial charge in [0.15, 0.2) is 0 Å². The third-order valence-electron chi connectivity index (χ3n) is 2.40. The monoisotopic (exact) mass is 204 g/mol. The Morgan fingerprint density at radius 2 is 1.25 bits per heavy atom. The van der Waals surface area contributed by atoms with Gasteiger partial charge in [0.1, 0.15) is 0 Å². The maximum Gasteiger partial charge on any atom is 0.0760 e. The first-order valence-electron chi connectivity index (χ1n) is 3.83. The molecular weight excluding hydrogens is 190 g/mol. The average molecular weight is 204 g/mol. The van der Waals surface area contributed by atoms with Crippen LogP contribution >= 0.6 is 25.3 Å². The molecule has 0 amide bonds. The molecule has 0 aromatic rings. The van der Waals surface area contributed by atoms with Crippen molar-refractivity contribution in [2.75, 3.05) is 0 Å². The topological polar surface area (TPSA) is 23.1 Å². The van der Waals surface area contributed by atoms with Gasteiger partial charge in [-0.1, -0.05) is 0 Å². The maximum atomic E-state index is 11.7. The van der Waals surface area contributed by atoms with E-state index in [1.54, 1.807) is 0 Å². The van der Waals surface area contributed by atoms with Crippen LogP contribution in [0.5, 0.6) is 0 Å². The third-order valence-corrected chi connectivity index (χ3v) is 4.12. The summed E-state index contributed by atoms with van der Waals surface area (Å²) in [5, 5.41) is 12.8. The minimum atomic E-state index is -0.538. The molecule has 0 atom stereocenters. The van der Waals surface area contributed by atoms with E-state index < -0.39 is 11.1 Å². The highest BCUT2D eigenvalue weighted by molar-refractivity contribution is 7.88. The summed E-state index contributed by atoms with van der Waals surface area (Å²) in [6.07, 6.45) is 0. The fourth-order valence-corrected chi connectivity index (χ4v) is 2.20. The van der Waals surface area contributed by atoms with Gasteiger partial charge in [-0.05, 0) is 27.7 Å². The second-order valence-corrected chi connectivity index (χ2v) is 5.00. The predicted molar refractivity (Wildman–Crippen MR) is 55.7 cm³/mol. The van der Waals surface area contributed by atoms with Crippen molar-refractivity contribution in [3.8, 4) is 0 Å². The summed E-state index contributed by atoms with van der Waals surface area (Å²) in [4.78, 5) is 1.54. The summed E-state index contributed by atoms with van der Waals surface area (Å²) in [6.45, 7) is 7.42. The molecule has 0 saturated carbocycles. The van der Waals surface area contributed by atoms with Gasteiger partial charge in [0.25, 0.3) is 0 Å². The van der Waals surface area contributed by atoms with Crippen LogP contribution in [0.2, 0.25) is 0 Å². The molecule has 69 valence electrons. The molecule has 1 heterocycles. The average Bonchev–Trinajstić information content (AvgIpc) is 2.06. The van der Waals surface area contributed by atoms with E-state index in [2.05, 4.69) is 25.3 Å². The van der Waals surface area contributed by atoms with Crippen LogP contribution in [0, 0.1) is 0 Å². The van der Waals surface area contributed by atoms with Gasteiger partial charge < -0.3 is 0 Å². The molecule has 1 radical (unpaired) electrons. The van der Waals surface area contributed by atoms with E-state index in [-0.39, 0.29) is 0 Å². The zero-order valence-electron chi connectivity index (χ0n) is 7.75. The van der Waals surface area contributed by atoms with Gasteiger partial charge in [-0.15, -0.1) is 35.5 Å². The van der Waals surface area contributed by atoms with Gasteiger partial charge in [0, 0.05) is 9.81 Å². The lowest BCUT2D eigenvalue weighted by molar-refractivity contribution is -0.237. The number of hydrogen-bond donors (Lipinski definition) is 2. The van der Waals surface area contributed by atoms with Crippen molar-refractivity contribution >= 4 is 25.3 Å². The number of nitrogens with zero attached hydrogens (tertiary/aromatic N) is 1. The lowest BCUT2D eigenvalue weighted by atomic mass is 10.1. The third kappa shape index (κ3) is 1.13. The number of hydroxylamine groups is 2. The fraction of sp³-hybridized carbons (Fsp3) is 0.750. The molecule has 1 aliphatic heterocycles. The van der Waals surface area contributed by atoms with Crippen molar-refractivity contribution in [3.05, 3.63) is 9.81 Å².